The lowest BCUT2D eigenvalue weighted by Crippen LogP contribution is -2.29. The third-order valence-electron chi connectivity index (χ3n) is 3.50. The summed E-state index contributed by atoms with van der Waals surface area (Å²) in [7, 11) is 0. The molecule has 7 nitrogen and oxygen atoms in total. The Kier molecular flexibility index (Phi) is 5.43. The monoisotopic (exact) mass is 374 g/mol. The topological polar surface area (TPSA) is 84.7 Å². The van der Waals surface area contributed by atoms with Gasteiger partial charge in [-0.2, -0.15) is 5.10 Å². The number of rotatable bonds is 6. The van der Waals surface area contributed by atoms with E-state index in [0.717, 1.165) is 11.8 Å². The zero-order valence-electron chi connectivity index (χ0n) is 13.9. The number of hydrogen-bond donors (Lipinski definition) is 2. The van der Waals surface area contributed by atoms with Crippen LogP contribution >= 0.6 is 11.6 Å². The van der Waals surface area contributed by atoms with Crippen molar-refractivity contribution in [2.24, 2.45) is 0 Å². The molecule has 0 fully saturated rings. The summed E-state index contributed by atoms with van der Waals surface area (Å²) in [6, 6.07) is 9.09. The molecule has 2 heterocycles. The molecule has 9 heteroatoms. The number of amides is 1. The van der Waals surface area contributed by atoms with Crippen LogP contribution < -0.4 is 10.6 Å². The van der Waals surface area contributed by atoms with Crippen LogP contribution in [0.1, 0.15) is 16.1 Å². The third kappa shape index (κ3) is 4.34. The Balaban J connectivity index is 1.48. The van der Waals surface area contributed by atoms with Crippen molar-refractivity contribution in [1.82, 2.24) is 25.3 Å². The summed E-state index contributed by atoms with van der Waals surface area (Å²) < 4.78 is 14.6. The fraction of sp³-hybridized carbons (Fsp3) is 0.176. The lowest BCUT2D eigenvalue weighted by Gasteiger charge is -2.08. The number of nitrogens with one attached hydrogen (secondary N) is 2. The molecule has 134 valence electrons. The quantitative estimate of drug-likeness (QED) is 0.648. The lowest BCUT2D eigenvalue weighted by atomic mass is 10.2. The van der Waals surface area contributed by atoms with Crippen molar-refractivity contribution < 1.29 is 9.18 Å². The molecule has 1 amide bonds. The summed E-state index contributed by atoms with van der Waals surface area (Å²) in [5.74, 6) is 0.336. The zero-order valence-corrected chi connectivity index (χ0v) is 14.7. The van der Waals surface area contributed by atoms with Gasteiger partial charge < -0.3 is 10.6 Å². The number of aromatic nitrogens is 4. The second-order valence-corrected chi connectivity index (χ2v) is 5.89. The van der Waals surface area contributed by atoms with Crippen molar-refractivity contribution in [3.63, 3.8) is 0 Å². The van der Waals surface area contributed by atoms with Gasteiger partial charge in [-0.05, 0) is 43.3 Å². The number of carbonyl (C=O) groups excluding carboxylic acids is 1. The fourth-order valence-corrected chi connectivity index (χ4v) is 2.47. The van der Waals surface area contributed by atoms with Gasteiger partial charge in [0.2, 0.25) is 0 Å². The maximum absolute atomic E-state index is 13.0. The summed E-state index contributed by atoms with van der Waals surface area (Å²) in [5, 5.41) is 18.2. The highest BCUT2D eigenvalue weighted by Crippen LogP contribution is 2.16. The lowest BCUT2D eigenvalue weighted by molar-refractivity contribution is 0.0955. The van der Waals surface area contributed by atoms with Crippen LogP contribution in [0.5, 0.6) is 0 Å². The molecule has 1 aromatic carbocycles. The zero-order chi connectivity index (χ0) is 18.5. The SMILES string of the molecule is Cc1ccn(-c2ccc(NCCNC(=O)c3ccc(F)cc3Cl)nn2)n1. The number of benzene rings is 1. The van der Waals surface area contributed by atoms with Crippen LogP contribution in [0, 0.1) is 12.7 Å². The molecule has 0 saturated heterocycles. The minimum atomic E-state index is -0.486. The molecular formula is C17H16ClFN6O. The second-order valence-electron chi connectivity index (χ2n) is 5.49. The van der Waals surface area contributed by atoms with Gasteiger partial charge in [-0.1, -0.05) is 11.6 Å². The molecule has 0 saturated carbocycles. The highest BCUT2D eigenvalue weighted by Gasteiger charge is 2.10. The number of nitrogens with zero attached hydrogens (tertiary/aromatic N) is 4. The largest absolute Gasteiger partial charge is 0.367 e. The smallest absolute Gasteiger partial charge is 0.252 e. The molecule has 3 rings (SSSR count). The van der Waals surface area contributed by atoms with E-state index in [1.54, 1.807) is 16.8 Å². The molecule has 3 aromatic rings. The van der Waals surface area contributed by atoms with Gasteiger partial charge in [0.15, 0.2) is 5.82 Å². The number of carbonyl (C=O) groups is 1. The number of halogens is 2. The molecule has 0 spiro atoms. The standard InChI is InChI=1S/C17H16ClFN6O/c1-11-6-9-25(24-11)16-5-4-15(22-23-16)20-7-8-21-17(26)13-3-2-12(19)10-14(13)18/h2-6,9-10H,7-8H2,1H3,(H,20,22)(H,21,26). The summed E-state index contributed by atoms with van der Waals surface area (Å²) >= 11 is 5.86. The van der Waals surface area contributed by atoms with E-state index in [2.05, 4.69) is 25.9 Å². The van der Waals surface area contributed by atoms with Gasteiger partial charge in [-0.15, -0.1) is 10.2 Å². The minimum Gasteiger partial charge on any atom is -0.367 e. The molecule has 0 aliphatic carbocycles. The fourth-order valence-electron chi connectivity index (χ4n) is 2.22. The Morgan fingerprint density at radius 2 is 2.04 bits per heavy atom. The highest BCUT2D eigenvalue weighted by molar-refractivity contribution is 6.33. The molecule has 26 heavy (non-hydrogen) atoms. The first-order valence-corrected chi connectivity index (χ1v) is 8.24. The van der Waals surface area contributed by atoms with Crippen molar-refractivity contribution >= 4 is 23.3 Å². The van der Waals surface area contributed by atoms with E-state index >= 15 is 0 Å². The Labute approximate surface area is 154 Å². The van der Waals surface area contributed by atoms with Gasteiger partial charge in [0.05, 0.1) is 16.3 Å². The summed E-state index contributed by atoms with van der Waals surface area (Å²) in [5.41, 5.74) is 1.12. The van der Waals surface area contributed by atoms with E-state index in [-0.39, 0.29) is 16.5 Å². The van der Waals surface area contributed by atoms with Crippen LogP contribution in [0.4, 0.5) is 10.2 Å². The van der Waals surface area contributed by atoms with E-state index in [4.69, 9.17) is 11.6 Å². The van der Waals surface area contributed by atoms with Gasteiger partial charge >= 0.3 is 0 Å². The van der Waals surface area contributed by atoms with Crippen LogP contribution in [-0.4, -0.2) is 39.0 Å². The molecular weight excluding hydrogens is 359 g/mol. The highest BCUT2D eigenvalue weighted by atomic mass is 35.5. The molecule has 0 unspecified atom stereocenters. The Hall–Kier alpha value is -3.00. The first-order chi connectivity index (χ1) is 12.5. The number of anilines is 1. The van der Waals surface area contributed by atoms with Crippen molar-refractivity contribution in [2.75, 3.05) is 18.4 Å². The summed E-state index contributed by atoms with van der Waals surface area (Å²) in [6.07, 6.45) is 1.81. The number of hydrogen-bond acceptors (Lipinski definition) is 5. The maximum atomic E-state index is 13.0. The van der Waals surface area contributed by atoms with Crippen molar-refractivity contribution in [3.05, 3.63) is 64.7 Å². The molecule has 2 aromatic heterocycles. The average Bonchev–Trinajstić information content (AvgIpc) is 3.05. The van der Waals surface area contributed by atoms with E-state index in [1.165, 1.54) is 12.1 Å². The average molecular weight is 375 g/mol. The van der Waals surface area contributed by atoms with Gasteiger partial charge in [0.1, 0.15) is 11.6 Å². The summed E-state index contributed by atoms with van der Waals surface area (Å²) in [4.78, 5) is 12.0. The van der Waals surface area contributed by atoms with Crippen LogP contribution in [0.2, 0.25) is 5.02 Å². The van der Waals surface area contributed by atoms with Crippen LogP contribution in [0.3, 0.4) is 0 Å². The van der Waals surface area contributed by atoms with Crippen LogP contribution in [-0.2, 0) is 0 Å². The van der Waals surface area contributed by atoms with E-state index in [1.807, 2.05) is 19.2 Å². The maximum Gasteiger partial charge on any atom is 0.252 e. The molecule has 0 bridgehead atoms. The van der Waals surface area contributed by atoms with E-state index < -0.39 is 5.82 Å². The molecule has 0 atom stereocenters. The van der Waals surface area contributed by atoms with Gasteiger partial charge in [-0.3, -0.25) is 4.79 Å². The predicted molar refractivity (Wildman–Crippen MR) is 96.1 cm³/mol. The molecule has 0 aliphatic rings. The molecule has 0 radical (unpaired) electrons. The van der Waals surface area contributed by atoms with Crippen molar-refractivity contribution in [3.8, 4) is 5.82 Å². The van der Waals surface area contributed by atoms with E-state index in [0.29, 0.717) is 24.7 Å². The third-order valence-corrected chi connectivity index (χ3v) is 3.81. The Bertz CT molecular complexity index is 912. The van der Waals surface area contributed by atoms with E-state index in [9.17, 15) is 9.18 Å². The van der Waals surface area contributed by atoms with Crippen molar-refractivity contribution in [1.29, 1.82) is 0 Å². The van der Waals surface area contributed by atoms with Crippen LogP contribution in [0.15, 0.2) is 42.6 Å². The van der Waals surface area contributed by atoms with Gasteiger partial charge in [0.25, 0.3) is 5.91 Å². The minimum absolute atomic E-state index is 0.0748. The first-order valence-electron chi connectivity index (χ1n) is 7.86. The Morgan fingerprint density at radius 3 is 2.69 bits per heavy atom. The van der Waals surface area contributed by atoms with Crippen LogP contribution in [0.25, 0.3) is 5.82 Å². The molecule has 2 N–H and O–H groups in total. The van der Waals surface area contributed by atoms with Gasteiger partial charge in [-0.25, -0.2) is 9.07 Å². The predicted octanol–water partition coefficient (Wildman–Crippen LogP) is 2.61. The summed E-state index contributed by atoms with van der Waals surface area (Å²) in [6.45, 7) is 2.68. The van der Waals surface area contributed by atoms with Crippen molar-refractivity contribution in [2.45, 2.75) is 6.92 Å². The molecule has 0 aliphatic heterocycles. The second kappa shape index (κ2) is 7.92. The first kappa shape index (κ1) is 17.8. The van der Waals surface area contributed by atoms with Gasteiger partial charge in [0, 0.05) is 19.3 Å². The normalized spacial score (nSPS) is 10.6. The number of aryl methyl sites for hydroxylation is 1. The Morgan fingerprint density at radius 1 is 1.19 bits per heavy atom.